The summed E-state index contributed by atoms with van der Waals surface area (Å²) in [6.07, 6.45) is 0. The van der Waals surface area contributed by atoms with Gasteiger partial charge in [-0.15, -0.1) is 22.7 Å². The van der Waals surface area contributed by atoms with Crippen molar-refractivity contribution in [2.75, 3.05) is 5.32 Å². The molecule has 31 heavy (non-hydrogen) atoms. The quantitative estimate of drug-likeness (QED) is 0.336. The number of amides is 1. The minimum Gasteiger partial charge on any atom is -0.298 e. The molecular formula is C23H13F2N3OS2. The number of anilines is 1. The van der Waals surface area contributed by atoms with Gasteiger partial charge in [0.2, 0.25) is 0 Å². The molecule has 0 aliphatic heterocycles. The van der Waals surface area contributed by atoms with Crippen molar-refractivity contribution in [1.29, 1.82) is 0 Å². The highest BCUT2D eigenvalue weighted by Gasteiger charge is 2.17. The monoisotopic (exact) mass is 449 g/mol. The number of halogens is 2. The van der Waals surface area contributed by atoms with E-state index in [-0.39, 0.29) is 11.5 Å². The first-order valence-corrected chi connectivity index (χ1v) is 11.0. The number of aromatic nitrogens is 2. The molecule has 5 rings (SSSR count). The predicted molar refractivity (Wildman–Crippen MR) is 120 cm³/mol. The zero-order valence-corrected chi connectivity index (χ0v) is 17.4. The fourth-order valence-corrected chi connectivity index (χ4v) is 4.62. The van der Waals surface area contributed by atoms with E-state index >= 15 is 0 Å². The average Bonchev–Trinajstić information content (AvgIpc) is 3.45. The highest BCUT2D eigenvalue weighted by atomic mass is 32.1. The molecule has 1 amide bonds. The lowest BCUT2D eigenvalue weighted by atomic mass is 10.1. The van der Waals surface area contributed by atoms with E-state index in [1.54, 1.807) is 22.8 Å². The van der Waals surface area contributed by atoms with Crippen LogP contribution in [0.3, 0.4) is 0 Å². The normalized spacial score (nSPS) is 11.0. The molecule has 0 saturated heterocycles. The van der Waals surface area contributed by atoms with Crippen LogP contribution in [-0.4, -0.2) is 15.9 Å². The van der Waals surface area contributed by atoms with E-state index in [1.165, 1.54) is 23.5 Å². The highest BCUT2D eigenvalue weighted by Crippen LogP contribution is 2.30. The minimum absolute atomic E-state index is 0.174. The zero-order chi connectivity index (χ0) is 21.4. The van der Waals surface area contributed by atoms with Crippen LogP contribution in [0.2, 0.25) is 0 Å². The van der Waals surface area contributed by atoms with Crippen LogP contribution < -0.4 is 5.32 Å². The van der Waals surface area contributed by atoms with E-state index in [9.17, 15) is 13.6 Å². The summed E-state index contributed by atoms with van der Waals surface area (Å²) in [5.41, 5.74) is 2.40. The van der Waals surface area contributed by atoms with Crippen LogP contribution in [0.4, 0.5) is 13.9 Å². The van der Waals surface area contributed by atoms with Gasteiger partial charge in [-0.05, 0) is 35.7 Å². The summed E-state index contributed by atoms with van der Waals surface area (Å²) < 4.78 is 27.2. The number of pyridine rings is 1. The Morgan fingerprint density at radius 3 is 2.58 bits per heavy atom. The Bertz CT molecular complexity index is 1410. The summed E-state index contributed by atoms with van der Waals surface area (Å²) in [6, 6.07) is 16.4. The molecule has 3 heterocycles. The number of fused-ring (bicyclic) bond motifs is 1. The number of nitrogens with zero attached hydrogens (tertiary/aromatic N) is 2. The molecule has 0 saturated carbocycles. The van der Waals surface area contributed by atoms with Gasteiger partial charge in [0.25, 0.3) is 5.91 Å². The minimum atomic E-state index is -0.705. The number of carbonyl (C=O) groups excluding carboxylic acids is 1. The van der Waals surface area contributed by atoms with Crippen molar-refractivity contribution < 1.29 is 13.6 Å². The van der Waals surface area contributed by atoms with Gasteiger partial charge in [-0.25, -0.2) is 18.7 Å². The molecule has 0 aliphatic carbocycles. The SMILES string of the molecule is O=C(Nc1nc(-c2ccc(F)cc2F)cs1)c1cc(-c2cccs2)nc2ccccc12. The maximum Gasteiger partial charge on any atom is 0.258 e. The number of para-hydroxylation sites is 1. The molecule has 0 spiro atoms. The summed E-state index contributed by atoms with van der Waals surface area (Å²) in [7, 11) is 0. The van der Waals surface area contributed by atoms with Gasteiger partial charge in [0.05, 0.1) is 27.3 Å². The van der Waals surface area contributed by atoms with Gasteiger partial charge >= 0.3 is 0 Å². The summed E-state index contributed by atoms with van der Waals surface area (Å²) in [6.45, 7) is 0. The first-order valence-electron chi connectivity index (χ1n) is 9.24. The van der Waals surface area contributed by atoms with Crippen molar-refractivity contribution in [2.24, 2.45) is 0 Å². The van der Waals surface area contributed by atoms with Gasteiger partial charge in [-0.3, -0.25) is 10.1 Å². The Kier molecular flexibility index (Phi) is 5.01. The number of rotatable bonds is 4. The van der Waals surface area contributed by atoms with Crippen LogP contribution in [0.5, 0.6) is 0 Å². The van der Waals surface area contributed by atoms with Crippen LogP contribution >= 0.6 is 22.7 Å². The van der Waals surface area contributed by atoms with Crippen molar-refractivity contribution in [2.45, 2.75) is 0 Å². The van der Waals surface area contributed by atoms with Crippen molar-refractivity contribution in [3.63, 3.8) is 0 Å². The van der Waals surface area contributed by atoms with Crippen LogP contribution in [0.15, 0.2) is 71.4 Å². The molecular weight excluding hydrogens is 436 g/mol. The van der Waals surface area contributed by atoms with Gasteiger partial charge < -0.3 is 0 Å². The predicted octanol–water partition coefficient (Wildman–Crippen LogP) is 6.62. The molecule has 0 atom stereocenters. The molecule has 8 heteroatoms. The zero-order valence-electron chi connectivity index (χ0n) is 15.8. The van der Waals surface area contributed by atoms with Gasteiger partial charge in [0.15, 0.2) is 5.13 Å². The summed E-state index contributed by atoms with van der Waals surface area (Å²) in [5, 5.41) is 7.41. The molecule has 0 fully saturated rings. The topological polar surface area (TPSA) is 54.9 Å². The van der Waals surface area contributed by atoms with E-state index in [4.69, 9.17) is 0 Å². The number of thiazole rings is 1. The first kappa shape index (κ1) is 19.5. The maximum atomic E-state index is 14.1. The third kappa shape index (κ3) is 3.83. The number of benzene rings is 2. The second-order valence-corrected chi connectivity index (χ2v) is 8.47. The van der Waals surface area contributed by atoms with E-state index in [0.29, 0.717) is 27.6 Å². The maximum absolute atomic E-state index is 14.1. The Hall–Kier alpha value is -3.49. The smallest absolute Gasteiger partial charge is 0.258 e. The van der Waals surface area contributed by atoms with Crippen molar-refractivity contribution in [3.05, 3.63) is 88.6 Å². The highest BCUT2D eigenvalue weighted by molar-refractivity contribution is 7.14. The lowest BCUT2D eigenvalue weighted by Crippen LogP contribution is -2.13. The van der Waals surface area contributed by atoms with Crippen LogP contribution in [0, 0.1) is 11.6 Å². The second kappa shape index (κ2) is 7.98. The van der Waals surface area contributed by atoms with Crippen LogP contribution in [0.25, 0.3) is 32.7 Å². The third-order valence-corrected chi connectivity index (χ3v) is 6.32. The molecule has 0 bridgehead atoms. The molecule has 2 aromatic carbocycles. The van der Waals surface area contributed by atoms with Gasteiger partial charge in [0, 0.05) is 22.4 Å². The van der Waals surface area contributed by atoms with Gasteiger partial charge in [-0.1, -0.05) is 24.3 Å². The van der Waals surface area contributed by atoms with Gasteiger partial charge in [-0.2, -0.15) is 0 Å². The van der Waals surface area contributed by atoms with E-state index < -0.39 is 11.6 Å². The van der Waals surface area contributed by atoms with Crippen LogP contribution in [-0.2, 0) is 0 Å². The van der Waals surface area contributed by atoms with Crippen molar-refractivity contribution >= 4 is 44.6 Å². The lowest BCUT2D eigenvalue weighted by molar-refractivity contribution is 0.102. The number of carbonyl (C=O) groups is 1. The molecule has 5 aromatic rings. The molecule has 3 aromatic heterocycles. The fraction of sp³-hybridized carbons (Fsp3) is 0. The summed E-state index contributed by atoms with van der Waals surface area (Å²) in [4.78, 5) is 23.0. The first-order chi connectivity index (χ1) is 15.1. The standard InChI is InChI=1S/C23H13F2N3OS2/c24-13-7-8-15(17(25)10-13)20-12-31-23(27-20)28-22(29)16-11-19(21-6-3-9-30-21)26-18-5-2-1-4-14(16)18/h1-12H,(H,27,28,29). The summed E-state index contributed by atoms with van der Waals surface area (Å²) in [5.74, 6) is -1.70. The number of hydrogen-bond donors (Lipinski definition) is 1. The molecule has 0 aliphatic rings. The molecule has 4 nitrogen and oxygen atoms in total. The second-order valence-electron chi connectivity index (χ2n) is 6.67. The third-order valence-electron chi connectivity index (χ3n) is 4.67. The van der Waals surface area contributed by atoms with Gasteiger partial charge in [0.1, 0.15) is 11.6 Å². The van der Waals surface area contributed by atoms with E-state index in [0.717, 1.165) is 16.3 Å². The lowest BCUT2D eigenvalue weighted by Gasteiger charge is -2.08. The Balaban J connectivity index is 1.49. The van der Waals surface area contributed by atoms with E-state index in [2.05, 4.69) is 15.3 Å². The molecule has 1 N–H and O–H groups in total. The van der Waals surface area contributed by atoms with Crippen molar-refractivity contribution in [1.82, 2.24) is 9.97 Å². The average molecular weight is 450 g/mol. The molecule has 152 valence electrons. The summed E-state index contributed by atoms with van der Waals surface area (Å²) >= 11 is 2.72. The largest absolute Gasteiger partial charge is 0.298 e. The number of nitrogens with one attached hydrogen (secondary N) is 1. The number of thiophene rings is 1. The molecule has 0 unspecified atom stereocenters. The fourth-order valence-electron chi connectivity index (χ4n) is 3.23. The van der Waals surface area contributed by atoms with Crippen LogP contribution in [0.1, 0.15) is 10.4 Å². The Morgan fingerprint density at radius 2 is 1.77 bits per heavy atom. The number of hydrogen-bond acceptors (Lipinski definition) is 5. The Morgan fingerprint density at radius 1 is 0.903 bits per heavy atom. The van der Waals surface area contributed by atoms with E-state index in [1.807, 2.05) is 41.8 Å². The molecule has 0 radical (unpaired) electrons. The van der Waals surface area contributed by atoms with Crippen molar-refractivity contribution in [3.8, 4) is 21.8 Å². The Labute approximate surface area is 183 Å².